The number of nitrogens with one attached hydrogen (secondary N) is 1. The summed E-state index contributed by atoms with van der Waals surface area (Å²) >= 11 is 0. The molecular formula is C22H20N2O2S. The van der Waals surface area contributed by atoms with Crippen molar-refractivity contribution in [3.05, 3.63) is 83.9 Å². The van der Waals surface area contributed by atoms with E-state index in [2.05, 4.69) is 59.9 Å². The van der Waals surface area contributed by atoms with Gasteiger partial charge in [0.05, 0.1) is 10.9 Å². The minimum Gasteiger partial charge on any atom is -0.378 e. The Morgan fingerprint density at radius 1 is 0.963 bits per heavy atom. The molecule has 1 heterocycles. The first-order valence-corrected chi connectivity index (χ1v) is 10.6. The van der Waals surface area contributed by atoms with Crippen LogP contribution in [-0.4, -0.2) is 8.42 Å². The maximum absolute atomic E-state index is 11.8. The topological polar surface area (TPSA) is 72.2 Å². The highest BCUT2D eigenvalue weighted by Gasteiger charge is 2.38. The van der Waals surface area contributed by atoms with Crippen molar-refractivity contribution < 1.29 is 8.42 Å². The van der Waals surface area contributed by atoms with Crippen LogP contribution in [-0.2, 0) is 10.0 Å². The van der Waals surface area contributed by atoms with Crippen molar-refractivity contribution >= 4 is 26.5 Å². The van der Waals surface area contributed by atoms with Crippen LogP contribution in [0.1, 0.15) is 29.5 Å². The second-order valence-electron chi connectivity index (χ2n) is 7.38. The first-order valence-electron chi connectivity index (χ1n) is 9.09. The Balaban J connectivity index is 1.60. The largest absolute Gasteiger partial charge is 0.378 e. The molecule has 27 heavy (non-hydrogen) atoms. The Hall–Kier alpha value is -2.63. The molecule has 0 aromatic heterocycles. The molecule has 2 aliphatic rings. The fourth-order valence-corrected chi connectivity index (χ4v) is 5.03. The van der Waals surface area contributed by atoms with E-state index >= 15 is 0 Å². The van der Waals surface area contributed by atoms with Gasteiger partial charge in [0.2, 0.25) is 10.0 Å². The lowest BCUT2D eigenvalue weighted by atomic mass is 9.77. The highest BCUT2D eigenvalue weighted by molar-refractivity contribution is 7.89. The molecule has 3 aromatic carbocycles. The molecule has 0 saturated heterocycles. The van der Waals surface area contributed by atoms with Crippen molar-refractivity contribution in [2.75, 3.05) is 5.32 Å². The van der Waals surface area contributed by atoms with E-state index in [1.165, 1.54) is 16.3 Å². The molecule has 3 N–H and O–H groups in total. The number of allylic oxidation sites excluding steroid dienone is 2. The van der Waals surface area contributed by atoms with E-state index in [9.17, 15) is 8.42 Å². The number of fused-ring (bicyclic) bond motifs is 4. The molecule has 3 aromatic rings. The number of anilines is 1. The second kappa shape index (κ2) is 5.94. The average molecular weight is 376 g/mol. The Morgan fingerprint density at radius 3 is 2.59 bits per heavy atom. The van der Waals surface area contributed by atoms with E-state index in [-0.39, 0.29) is 16.9 Å². The third-order valence-electron chi connectivity index (χ3n) is 5.80. The Labute approximate surface area is 158 Å². The van der Waals surface area contributed by atoms with Gasteiger partial charge in [-0.15, -0.1) is 0 Å². The van der Waals surface area contributed by atoms with Gasteiger partial charge in [-0.1, -0.05) is 48.6 Å². The summed E-state index contributed by atoms with van der Waals surface area (Å²) in [6.07, 6.45) is 5.36. The van der Waals surface area contributed by atoms with E-state index in [1.54, 1.807) is 12.1 Å². The van der Waals surface area contributed by atoms with Crippen LogP contribution in [0.25, 0.3) is 10.8 Å². The van der Waals surface area contributed by atoms with Gasteiger partial charge in [-0.2, -0.15) is 0 Å². The highest BCUT2D eigenvalue weighted by Crippen LogP contribution is 2.50. The van der Waals surface area contributed by atoms with E-state index in [1.807, 2.05) is 6.07 Å². The molecule has 5 rings (SSSR count). The smallest absolute Gasteiger partial charge is 0.238 e. The highest BCUT2D eigenvalue weighted by atomic mass is 32.2. The van der Waals surface area contributed by atoms with Crippen molar-refractivity contribution in [3.63, 3.8) is 0 Å². The van der Waals surface area contributed by atoms with E-state index in [4.69, 9.17) is 5.14 Å². The summed E-state index contributed by atoms with van der Waals surface area (Å²) < 4.78 is 23.5. The van der Waals surface area contributed by atoms with Gasteiger partial charge in [0.25, 0.3) is 0 Å². The monoisotopic (exact) mass is 376 g/mol. The van der Waals surface area contributed by atoms with Gasteiger partial charge < -0.3 is 5.32 Å². The summed E-state index contributed by atoms with van der Waals surface area (Å²) in [7, 11) is -3.71. The van der Waals surface area contributed by atoms with Crippen molar-refractivity contribution in [3.8, 4) is 0 Å². The quantitative estimate of drug-likeness (QED) is 0.655. The lowest BCUT2D eigenvalue weighted by Crippen LogP contribution is -2.29. The summed E-state index contributed by atoms with van der Waals surface area (Å²) in [5, 5.41) is 11.4. The molecule has 1 aliphatic heterocycles. The molecule has 1 aliphatic carbocycles. The number of hydrogen-bond acceptors (Lipinski definition) is 3. The summed E-state index contributed by atoms with van der Waals surface area (Å²) in [6, 6.07) is 20.3. The summed E-state index contributed by atoms with van der Waals surface area (Å²) in [4.78, 5) is 0.172. The van der Waals surface area contributed by atoms with Gasteiger partial charge in [0, 0.05) is 11.6 Å². The Morgan fingerprint density at radius 2 is 1.78 bits per heavy atom. The fraction of sp³-hybridized carbons (Fsp3) is 0.182. The molecule has 3 unspecified atom stereocenters. The fourth-order valence-electron chi connectivity index (χ4n) is 4.48. The van der Waals surface area contributed by atoms with E-state index in [0.29, 0.717) is 5.92 Å². The zero-order valence-electron chi connectivity index (χ0n) is 14.7. The standard InChI is InChI=1S/C22H20N2O2S/c23-27(25,26)17-10-11-21-20(13-17)18-6-3-7-19(18)22(24-21)16-9-8-14-4-1-2-5-15(14)12-16/h1-6,8-13,18-19,22,24H,7H2,(H2,23,25,26). The van der Waals surface area contributed by atoms with Gasteiger partial charge in [0.1, 0.15) is 0 Å². The molecule has 3 atom stereocenters. The minimum atomic E-state index is -3.71. The number of rotatable bonds is 2. The van der Waals surface area contributed by atoms with Gasteiger partial charge in [-0.05, 0) is 58.5 Å². The lowest BCUT2D eigenvalue weighted by Gasteiger charge is -2.37. The molecule has 5 heteroatoms. The van der Waals surface area contributed by atoms with Crippen molar-refractivity contribution in [2.24, 2.45) is 11.1 Å². The maximum Gasteiger partial charge on any atom is 0.238 e. The first kappa shape index (κ1) is 16.5. The number of nitrogens with two attached hydrogens (primary N) is 1. The molecular weight excluding hydrogens is 356 g/mol. The van der Waals surface area contributed by atoms with Crippen LogP contribution >= 0.6 is 0 Å². The van der Waals surface area contributed by atoms with Crippen LogP contribution < -0.4 is 10.5 Å². The molecule has 0 spiro atoms. The maximum atomic E-state index is 11.8. The molecule has 0 fully saturated rings. The van der Waals surface area contributed by atoms with Gasteiger partial charge in [0.15, 0.2) is 0 Å². The predicted octanol–water partition coefficient (Wildman–Crippen LogP) is 4.31. The van der Waals surface area contributed by atoms with Crippen LogP contribution in [0.5, 0.6) is 0 Å². The average Bonchev–Trinajstić information content (AvgIpc) is 3.16. The summed E-state index contributed by atoms with van der Waals surface area (Å²) in [5.74, 6) is 0.550. The van der Waals surface area contributed by atoms with Crippen LogP contribution in [0.4, 0.5) is 5.69 Å². The SMILES string of the molecule is NS(=O)(=O)c1ccc2c(c1)C1C=CCC1C(c1ccc3ccccc3c1)N2. The van der Waals surface area contributed by atoms with Crippen LogP contribution in [0.15, 0.2) is 77.7 Å². The molecule has 4 nitrogen and oxygen atoms in total. The number of primary sulfonamides is 1. The first-order chi connectivity index (χ1) is 13.0. The molecule has 136 valence electrons. The minimum absolute atomic E-state index is 0.172. The number of sulfonamides is 1. The summed E-state index contributed by atoms with van der Waals surface area (Å²) in [6.45, 7) is 0. The van der Waals surface area contributed by atoms with Gasteiger partial charge in [-0.3, -0.25) is 0 Å². The van der Waals surface area contributed by atoms with Crippen LogP contribution in [0, 0.1) is 5.92 Å². The van der Waals surface area contributed by atoms with Gasteiger partial charge in [-0.25, -0.2) is 13.6 Å². The van der Waals surface area contributed by atoms with Gasteiger partial charge >= 0.3 is 0 Å². The van der Waals surface area contributed by atoms with Crippen molar-refractivity contribution in [2.45, 2.75) is 23.3 Å². The van der Waals surface area contributed by atoms with Crippen LogP contribution in [0.3, 0.4) is 0 Å². The zero-order valence-corrected chi connectivity index (χ0v) is 15.5. The summed E-state index contributed by atoms with van der Waals surface area (Å²) in [5.41, 5.74) is 3.25. The Kier molecular flexibility index (Phi) is 3.64. The Bertz CT molecular complexity index is 1180. The van der Waals surface area contributed by atoms with Crippen molar-refractivity contribution in [1.29, 1.82) is 0 Å². The third-order valence-corrected chi connectivity index (χ3v) is 6.71. The van der Waals surface area contributed by atoms with Crippen LogP contribution in [0.2, 0.25) is 0 Å². The lowest BCUT2D eigenvalue weighted by molar-refractivity contribution is 0.425. The van der Waals surface area contributed by atoms with E-state index in [0.717, 1.165) is 17.7 Å². The number of benzene rings is 3. The second-order valence-corrected chi connectivity index (χ2v) is 8.94. The van der Waals surface area contributed by atoms with E-state index < -0.39 is 10.0 Å². The normalized spacial score (nSPS) is 23.7. The molecule has 0 saturated carbocycles. The predicted molar refractivity (Wildman–Crippen MR) is 108 cm³/mol. The molecule has 0 radical (unpaired) electrons. The molecule has 0 amide bonds. The number of hydrogen-bond donors (Lipinski definition) is 2. The third kappa shape index (κ3) is 2.74. The van der Waals surface area contributed by atoms with Crippen molar-refractivity contribution in [1.82, 2.24) is 0 Å². The molecule has 0 bridgehead atoms. The zero-order chi connectivity index (χ0) is 18.6.